The first kappa shape index (κ1) is 25.2. The van der Waals surface area contributed by atoms with E-state index in [1.54, 1.807) is 36.4 Å². The standard InChI is InChI=1S/C24H33N5O5S/c1-24(2,3)34-23(30)28-14-13-25-21(16-28)20-11-12-26-22(27-20)29(35(31,32)19-9-10-19)15-17-5-7-18(33-4)8-6-17/h5-8,11-12,19,21,25H,9-10,13-16H2,1-4H3. The van der Waals surface area contributed by atoms with Gasteiger partial charge in [0.05, 0.1) is 30.6 Å². The minimum Gasteiger partial charge on any atom is -0.497 e. The van der Waals surface area contributed by atoms with Crippen LogP contribution in [0.1, 0.15) is 50.9 Å². The summed E-state index contributed by atoms with van der Waals surface area (Å²) in [5.74, 6) is 0.822. The van der Waals surface area contributed by atoms with Gasteiger partial charge in [0.15, 0.2) is 0 Å². The van der Waals surface area contributed by atoms with Gasteiger partial charge in [0.1, 0.15) is 11.4 Å². The van der Waals surface area contributed by atoms with Gasteiger partial charge in [-0.1, -0.05) is 12.1 Å². The lowest BCUT2D eigenvalue weighted by atomic mass is 10.1. The van der Waals surface area contributed by atoms with Gasteiger partial charge in [-0.2, -0.15) is 0 Å². The van der Waals surface area contributed by atoms with Crippen molar-refractivity contribution in [3.8, 4) is 5.75 Å². The molecule has 1 amide bonds. The average Bonchev–Trinajstić information content (AvgIpc) is 3.68. The minimum atomic E-state index is -3.61. The third kappa shape index (κ3) is 6.21. The molecule has 1 atom stereocenters. The lowest BCUT2D eigenvalue weighted by Gasteiger charge is -2.34. The number of carbonyl (C=O) groups is 1. The Kier molecular flexibility index (Phi) is 7.18. The number of amides is 1. The number of aromatic nitrogens is 2. The molecular formula is C24H33N5O5S. The molecule has 1 unspecified atom stereocenters. The monoisotopic (exact) mass is 503 g/mol. The van der Waals surface area contributed by atoms with E-state index < -0.39 is 20.9 Å². The third-order valence-corrected chi connectivity index (χ3v) is 8.03. The lowest BCUT2D eigenvalue weighted by molar-refractivity contribution is 0.0194. The maximum absolute atomic E-state index is 13.3. The molecule has 4 rings (SSSR count). The number of nitrogens with zero attached hydrogens (tertiary/aromatic N) is 4. The fraction of sp³-hybridized carbons (Fsp3) is 0.542. The van der Waals surface area contributed by atoms with Crippen LogP contribution in [-0.4, -0.2) is 67.0 Å². The zero-order chi connectivity index (χ0) is 25.2. The van der Waals surface area contributed by atoms with Crippen molar-refractivity contribution in [1.29, 1.82) is 0 Å². The number of methoxy groups -OCH3 is 1. The molecule has 1 N–H and O–H groups in total. The van der Waals surface area contributed by atoms with Crippen molar-refractivity contribution in [2.24, 2.45) is 0 Å². The predicted molar refractivity (Wildman–Crippen MR) is 132 cm³/mol. The van der Waals surface area contributed by atoms with Gasteiger partial charge in [-0.3, -0.25) is 0 Å². The largest absolute Gasteiger partial charge is 0.497 e. The maximum atomic E-state index is 13.3. The predicted octanol–water partition coefficient (Wildman–Crippen LogP) is 2.87. The number of anilines is 1. The van der Waals surface area contributed by atoms with Crippen LogP contribution in [0, 0.1) is 0 Å². The summed E-state index contributed by atoms with van der Waals surface area (Å²) in [7, 11) is -2.03. The molecule has 11 heteroatoms. The Morgan fingerprint density at radius 3 is 2.54 bits per heavy atom. The number of hydrogen-bond donors (Lipinski definition) is 1. The fourth-order valence-corrected chi connectivity index (χ4v) is 5.57. The van der Waals surface area contributed by atoms with Crippen molar-refractivity contribution >= 4 is 22.1 Å². The van der Waals surface area contributed by atoms with Gasteiger partial charge < -0.3 is 19.7 Å². The summed E-state index contributed by atoms with van der Waals surface area (Å²) in [5, 5.41) is 2.95. The average molecular weight is 504 g/mol. The van der Waals surface area contributed by atoms with Crippen LogP contribution in [0.2, 0.25) is 0 Å². The summed E-state index contributed by atoms with van der Waals surface area (Å²) in [6.45, 7) is 7.06. The van der Waals surface area contributed by atoms with Crippen LogP contribution >= 0.6 is 0 Å². The van der Waals surface area contributed by atoms with E-state index in [0.717, 1.165) is 5.56 Å². The summed E-state index contributed by atoms with van der Waals surface area (Å²) in [5.41, 5.74) is 0.837. The molecule has 190 valence electrons. The SMILES string of the molecule is COc1ccc(CN(c2nccc(C3CN(C(=O)OC(C)(C)C)CCN3)n2)S(=O)(=O)C2CC2)cc1. The molecular weight excluding hydrogens is 470 g/mol. The van der Waals surface area contributed by atoms with E-state index >= 15 is 0 Å². The molecule has 2 fully saturated rings. The molecule has 10 nitrogen and oxygen atoms in total. The van der Waals surface area contributed by atoms with Crippen molar-refractivity contribution in [3.05, 3.63) is 47.8 Å². The molecule has 0 spiro atoms. The number of carbonyl (C=O) groups excluding carboxylic acids is 1. The molecule has 2 aliphatic rings. The highest BCUT2D eigenvalue weighted by molar-refractivity contribution is 7.93. The molecule has 2 aromatic rings. The fourth-order valence-electron chi connectivity index (χ4n) is 3.83. The molecule has 1 saturated heterocycles. The normalized spacial score (nSPS) is 18.7. The van der Waals surface area contributed by atoms with Gasteiger partial charge in [0.2, 0.25) is 16.0 Å². The smallest absolute Gasteiger partial charge is 0.410 e. The van der Waals surface area contributed by atoms with E-state index in [1.165, 1.54) is 4.31 Å². The van der Waals surface area contributed by atoms with Gasteiger partial charge in [0.25, 0.3) is 0 Å². The Labute approximate surface area is 206 Å². The zero-order valence-corrected chi connectivity index (χ0v) is 21.4. The highest BCUT2D eigenvalue weighted by Gasteiger charge is 2.41. The lowest BCUT2D eigenvalue weighted by Crippen LogP contribution is -2.50. The molecule has 1 aromatic carbocycles. The van der Waals surface area contributed by atoms with E-state index in [0.29, 0.717) is 43.9 Å². The number of hydrogen-bond acceptors (Lipinski definition) is 8. The van der Waals surface area contributed by atoms with Gasteiger partial charge in [-0.05, 0) is 57.4 Å². The van der Waals surface area contributed by atoms with Gasteiger partial charge >= 0.3 is 6.09 Å². The van der Waals surface area contributed by atoms with Crippen molar-refractivity contribution in [3.63, 3.8) is 0 Å². The van der Waals surface area contributed by atoms with Crippen molar-refractivity contribution < 1.29 is 22.7 Å². The first-order valence-corrected chi connectivity index (χ1v) is 13.3. The zero-order valence-electron chi connectivity index (χ0n) is 20.6. The highest BCUT2D eigenvalue weighted by atomic mass is 32.2. The highest BCUT2D eigenvalue weighted by Crippen LogP contribution is 2.34. The summed E-state index contributed by atoms with van der Waals surface area (Å²) < 4.78 is 38.7. The van der Waals surface area contributed by atoms with E-state index in [2.05, 4.69) is 15.3 Å². The molecule has 0 radical (unpaired) electrons. The third-order valence-electron chi connectivity index (χ3n) is 5.81. The number of ether oxygens (including phenoxy) is 2. The quantitative estimate of drug-likeness (QED) is 0.614. The second-order valence-electron chi connectivity index (χ2n) is 9.81. The summed E-state index contributed by atoms with van der Waals surface area (Å²) >= 11 is 0. The topological polar surface area (TPSA) is 114 Å². The molecule has 1 aliphatic carbocycles. The van der Waals surface area contributed by atoms with Crippen molar-refractivity contribution in [2.45, 2.75) is 57.1 Å². The van der Waals surface area contributed by atoms with Crippen LogP contribution in [0.5, 0.6) is 5.75 Å². The van der Waals surface area contributed by atoms with E-state index in [4.69, 9.17) is 9.47 Å². The first-order valence-electron chi connectivity index (χ1n) is 11.8. The van der Waals surface area contributed by atoms with Gasteiger partial charge in [-0.25, -0.2) is 27.5 Å². The van der Waals surface area contributed by atoms with Crippen LogP contribution in [-0.2, 0) is 21.3 Å². The van der Waals surface area contributed by atoms with Crippen LogP contribution < -0.4 is 14.4 Å². The molecule has 2 heterocycles. The van der Waals surface area contributed by atoms with Crippen LogP contribution in [0.3, 0.4) is 0 Å². The van der Waals surface area contributed by atoms with E-state index in [-0.39, 0.29) is 24.6 Å². The van der Waals surface area contributed by atoms with Gasteiger partial charge in [-0.15, -0.1) is 0 Å². The number of piperazine rings is 1. The van der Waals surface area contributed by atoms with Crippen molar-refractivity contribution in [2.75, 3.05) is 31.0 Å². The van der Waals surface area contributed by atoms with Crippen molar-refractivity contribution in [1.82, 2.24) is 20.2 Å². The number of nitrogens with one attached hydrogen (secondary N) is 1. The van der Waals surface area contributed by atoms with E-state index in [9.17, 15) is 13.2 Å². The first-order chi connectivity index (χ1) is 16.6. The van der Waals surface area contributed by atoms with Crippen LogP contribution in [0.4, 0.5) is 10.7 Å². The Morgan fingerprint density at radius 2 is 1.91 bits per heavy atom. The number of sulfonamides is 1. The molecule has 0 bridgehead atoms. The minimum absolute atomic E-state index is 0.119. The molecule has 35 heavy (non-hydrogen) atoms. The summed E-state index contributed by atoms with van der Waals surface area (Å²) in [6.07, 6.45) is 2.46. The second kappa shape index (κ2) is 9.98. The molecule has 1 aromatic heterocycles. The van der Waals surface area contributed by atoms with Crippen LogP contribution in [0.15, 0.2) is 36.5 Å². The summed E-state index contributed by atoms with van der Waals surface area (Å²) in [6, 6.07) is 8.73. The Morgan fingerprint density at radius 1 is 1.20 bits per heavy atom. The Bertz CT molecular complexity index is 1150. The summed E-state index contributed by atoms with van der Waals surface area (Å²) in [4.78, 5) is 23.2. The van der Waals surface area contributed by atoms with E-state index in [1.807, 2.05) is 32.9 Å². The molecule has 1 aliphatic heterocycles. The Hall–Kier alpha value is -2.92. The second-order valence-corrected chi connectivity index (χ2v) is 12.0. The van der Waals surface area contributed by atoms with Gasteiger partial charge in [0, 0.05) is 25.8 Å². The number of rotatable bonds is 7. The maximum Gasteiger partial charge on any atom is 0.410 e. The Balaban J connectivity index is 1.58. The van der Waals surface area contributed by atoms with Crippen LogP contribution in [0.25, 0.3) is 0 Å². The molecule has 1 saturated carbocycles. The number of benzene rings is 1.